The number of aliphatic imine (C=N–C) groups is 1. The minimum absolute atomic E-state index is 0. The van der Waals surface area contributed by atoms with E-state index in [0.717, 1.165) is 18.8 Å². The van der Waals surface area contributed by atoms with Gasteiger partial charge >= 0.3 is 0 Å². The minimum atomic E-state index is 0. The Morgan fingerprint density at radius 3 is 3.00 bits per heavy atom. The molecule has 0 radical (unpaired) electrons. The van der Waals surface area contributed by atoms with Gasteiger partial charge in [0.2, 0.25) is 0 Å². The van der Waals surface area contributed by atoms with Gasteiger partial charge in [-0.05, 0) is 43.4 Å². The van der Waals surface area contributed by atoms with Gasteiger partial charge in [0.15, 0.2) is 5.96 Å². The average Bonchev–Trinajstić information content (AvgIpc) is 2.43. The van der Waals surface area contributed by atoms with Gasteiger partial charge in [-0.1, -0.05) is 19.1 Å². The van der Waals surface area contributed by atoms with E-state index in [1.165, 1.54) is 18.4 Å². The molecule has 0 bridgehead atoms. The first-order valence-electron chi connectivity index (χ1n) is 7.39. The summed E-state index contributed by atoms with van der Waals surface area (Å²) in [4.78, 5) is 6.60. The number of hydrogen-bond donors (Lipinski definition) is 1. The van der Waals surface area contributed by atoms with E-state index in [1.807, 2.05) is 18.2 Å². The van der Waals surface area contributed by atoms with Crippen LogP contribution in [0.5, 0.6) is 5.75 Å². The van der Waals surface area contributed by atoms with E-state index in [2.05, 4.69) is 29.8 Å². The van der Waals surface area contributed by atoms with Gasteiger partial charge in [0, 0.05) is 13.1 Å². The standard InChI is InChI=1S/C16H25N3O.HI/c1-13-5-3-7-15(11-13)20-10-8-18-16(17)19-9-4-6-14(2)12-19;/h3,5,7,11,14H,4,6,8-10,12H2,1-2H3,(H2,17,18);1H. The Hall–Kier alpha value is -0.980. The number of nitrogens with zero attached hydrogens (tertiary/aromatic N) is 2. The molecule has 0 amide bonds. The van der Waals surface area contributed by atoms with Crippen molar-refractivity contribution in [2.75, 3.05) is 26.2 Å². The molecule has 2 N–H and O–H groups in total. The van der Waals surface area contributed by atoms with Crippen LogP contribution in [-0.2, 0) is 0 Å². The zero-order valence-corrected chi connectivity index (χ0v) is 15.2. The molecule has 1 unspecified atom stereocenters. The first-order valence-corrected chi connectivity index (χ1v) is 7.39. The third-order valence-corrected chi connectivity index (χ3v) is 3.60. The van der Waals surface area contributed by atoms with Gasteiger partial charge in [0.1, 0.15) is 12.4 Å². The Balaban J connectivity index is 0.00000220. The van der Waals surface area contributed by atoms with Crippen molar-refractivity contribution in [2.45, 2.75) is 26.7 Å². The third-order valence-electron chi connectivity index (χ3n) is 3.60. The monoisotopic (exact) mass is 403 g/mol. The predicted octanol–water partition coefficient (Wildman–Crippen LogP) is 3.04. The molecular weight excluding hydrogens is 377 g/mol. The summed E-state index contributed by atoms with van der Waals surface area (Å²) in [6.07, 6.45) is 2.50. The number of piperidine rings is 1. The molecule has 1 fully saturated rings. The molecule has 0 aromatic heterocycles. The van der Waals surface area contributed by atoms with Crippen LogP contribution in [0.3, 0.4) is 0 Å². The number of likely N-dealkylation sites (tertiary alicyclic amines) is 1. The smallest absolute Gasteiger partial charge is 0.191 e. The summed E-state index contributed by atoms with van der Waals surface area (Å²) in [7, 11) is 0. The number of benzene rings is 1. The van der Waals surface area contributed by atoms with E-state index < -0.39 is 0 Å². The Bertz CT molecular complexity index is 465. The molecule has 1 aliphatic rings. The molecule has 1 atom stereocenters. The minimum Gasteiger partial charge on any atom is -0.492 e. The quantitative estimate of drug-likeness (QED) is 0.364. The van der Waals surface area contributed by atoms with Crippen molar-refractivity contribution in [3.63, 3.8) is 0 Å². The zero-order valence-electron chi connectivity index (χ0n) is 12.9. The molecule has 0 aliphatic carbocycles. The molecule has 2 rings (SSSR count). The SMILES string of the molecule is Cc1cccc(OCCN=C(N)N2CCCC(C)C2)c1.I. The van der Waals surface area contributed by atoms with Crippen molar-refractivity contribution >= 4 is 29.9 Å². The lowest BCUT2D eigenvalue weighted by molar-refractivity contribution is 0.269. The topological polar surface area (TPSA) is 50.9 Å². The van der Waals surface area contributed by atoms with Crippen LogP contribution in [-0.4, -0.2) is 37.1 Å². The summed E-state index contributed by atoms with van der Waals surface area (Å²) in [5.41, 5.74) is 7.24. The van der Waals surface area contributed by atoms with Crippen LogP contribution in [0.25, 0.3) is 0 Å². The Morgan fingerprint density at radius 1 is 1.48 bits per heavy atom. The van der Waals surface area contributed by atoms with Gasteiger partial charge in [-0.25, -0.2) is 4.99 Å². The number of hydrogen-bond acceptors (Lipinski definition) is 2. The van der Waals surface area contributed by atoms with Gasteiger partial charge in [0.05, 0.1) is 6.54 Å². The number of nitrogens with two attached hydrogens (primary N) is 1. The fraction of sp³-hybridized carbons (Fsp3) is 0.562. The van der Waals surface area contributed by atoms with Gasteiger partial charge in [-0.15, -0.1) is 24.0 Å². The van der Waals surface area contributed by atoms with E-state index >= 15 is 0 Å². The molecule has 1 aromatic carbocycles. The highest BCUT2D eigenvalue weighted by Gasteiger charge is 2.17. The van der Waals surface area contributed by atoms with Crippen molar-refractivity contribution in [2.24, 2.45) is 16.6 Å². The molecule has 21 heavy (non-hydrogen) atoms. The van der Waals surface area contributed by atoms with Crippen molar-refractivity contribution in [1.82, 2.24) is 4.90 Å². The van der Waals surface area contributed by atoms with Crippen LogP contribution in [0.15, 0.2) is 29.3 Å². The average molecular weight is 403 g/mol. The van der Waals surface area contributed by atoms with Crippen molar-refractivity contribution in [3.05, 3.63) is 29.8 Å². The van der Waals surface area contributed by atoms with Crippen molar-refractivity contribution in [1.29, 1.82) is 0 Å². The number of rotatable bonds is 4. The second kappa shape index (κ2) is 9.12. The van der Waals surface area contributed by atoms with E-state index in [9.17, 15) is 0 Å². The van der Waals surface area contributed by atoms with Crippen LogP contribution in [0.1, 0.15) is 25.3 Å². The van der Waals surface area contributed by atoms with E-state index in [0.29, 0.717) is 25.0 Å². The van der Waals surface area contributed by atoms with Crippen molar-refractivity contribution < 1.29 is 4.74 Å². The van der Waals surface area contributed by atoms with Crippen LogP contribution in [0.2, 0.25) is 0 Å². The van der Waals surface area contributed by atoms with Crippen LogP contribution >= 0.6 is 24.0 Å². The first kappa shape index (κ1) is 18.1. The highest BCUT2D eigenvalue weighted by atomic mass is 127. The molecule has 1 aromatic rings. The number of guanidine groups is 1. The summed E-state index contributed by atoms with van der Waals surface area (Å²) in [6, 6.07) is 8.05. The van der Waals surface area contributed by atoms with Crippen LogP contribution in [0.4, 0.5) is 0 Å². The Kier molecular flexibility index (Phi) is 7.85. The maximum absolute atomic E-state index is 6.03. The zero-order chi connectivity index (χ0) is 14.4. The summed E-state index contributed by atoms with van der Waals surface area (Å²) >= 11 is 0. The Labute approximate surface area is 144 Å². The summed E-state index contributed by atoms with van der Waals surface area (Å²) in [5.74, 6) is 2.26. The van der Waals surface area contributed by atoms with Crippen LogP contribution in [0, 0.1) is 12.8 Å². The van der Waals surface area contributed by atoms with E-state index in [4.69, 9.17) is 10.5 Å². The summed E-state index contributed by atoms with van der Waals surface area (Å²) in [6.45, 7) is 7.53. The third kappa shape index (κ3) is 6.11. The molecule has 1 saturated heterocycles. The van der Waals surface area contributed by atoms with Gasteiger partial charge in [-0.2, -0.15) is 0 Å². The molecule has 1 heterocycles. The first-order chi connectivity index (χ1) is 9.65. The second-order valence-electron chi connectivity index (χ2n) is 5.60. The largest absolute Gasteiger partial charge is 0.492 e. The van der Waals surface area contributed by atoms with Gasteiger partial charge < -0.3 is 15.4 Å². The Morgan fingerprint density at radius 2 is 2.29 bits per heavy atom. The maximum atomic E-state index is 6.03. The molecule has 118 valence electrons. The lowest BCUT2D eigenvalue weighted by Crippen LogP contribution is -2.43. The lowest BCUT2D eigenvalue weighted by atomic mass is 10.0. The fourth-order valence-electron chi connectivity index (χ4n) is 2.53. The van der Waals surface area contributed by atoms with Crippen molar-refractivity contribution in [3.8, 4) is 5.75 Å². The molecular formula is C16H26IN3O. The van der Waals surface area contributed by atoms with Crippen LogP contribution < -0.4 is 10.5 Å². The molecule has 4 nitrogen and oxygen atoms in total. The normalized spacial score (nSPS) is 19.0. The highest BCUT2D eigenvalue weighted by molar-refractivity contribution is 14.0. The predicted molar refractivity (Wildman–Crippen MR) is 98.5 cm³/mol. The fourth-order valence-corrected chi connectivity index (χ4v) is 2.53. The summed E-state index contributed by atoms with van der Waals surface area (Å²) in [5, 5.41) is 0. The summed E-state index contributed by atoms with van der Waals surface area (Å²) < 4.78 is 5.66. The molecule has 0 spiro atoms. The lowest BCUT2D eigenvalue weighted by Gasteiger charge is -2.31. The van der Waals surface area contributed by atoms with E-state index in [1.54, 1.807) is 0 Å². The number of ether oxygens (including phenoxy) is 1. The second-order valence-corrected chi connectivity index (χ2v) is 5.60. The van der Waals surface area contributed by atoms with E-state index in [-0.39, 0.29) is 24.0 Å². The maximum Gasteiger partial charge on any atom is 0.191 e. The van der Waals surface area contributed by atoms with Gasteiger partial charge in [-0.3, -0.25) is 0 Å². The molecule has 5 heteroatoms. The molecule has 0 saturated carbocycles. The van der Waals surface area contributed by atoms with Gasteiger partial charge in [0.25, 0.3) is 0 Å². The molecule has 1 aliphatic heterocycles. The number of aryl methyl sites for hydroxylation is 1. The highest BCUT2D eigenvalue weighted by Crippen LogP contribution is 2.15. The number of halogens is 1.